The lowest BCUT2D eigenvalue weighted by Crippen LogP contribution is -2.37. The number of benzene rings is 2. The van der Waals surface area contributed by atoms with E-state index in [1.54, 1.807) is 0 Å². The fourth-order valence-electron chi connectivity index (χ4n) is 3.87. The summed E-state index contributed by atoms with van der Waals surface area (Å²) in [5.41, 5.74) is 5.90. The largest absolute Gasteiger partial charge is 0.379 e. The summed E-state index contributed by atoms with van der Waals surface area (Å²) in [6.07, 6.45) is 4.36. The van der Waals surface area contributed by atoms with Gasteiger partial charge in [-0.1, -0.05) is 49.4 Å². The summed E-state index contributed by atoms with van der Waals surface area (Å²) in [5, 5.41) is 8.56. The van der Waals surface area contributed by atoms with Crippen LogP contribution in [0, 0.1) is 0 Å². The molecule has 1 aliphatic heterocycles. The molecule has 1 N–H and O–H groups in total. The van der Waals surface area contributed by atoms with Crippen LogP contribution in [0.1, 0.15) is 24.5 Å². The van der Waals surface area contributed by atoms with Crippen LogP contribution >= 0.6 is 0 Å². The van der Waals surface area contributed by atoms with Crippen LogP contribution < -0.4 is 5.32 Å². The molecular formula is C25H32N4O. The molecule has 2 aromatic carbocycles. The smallest absolute Gasteiger partial charge is 0.0972 e. The first-order valence-electron chi connectivity index (χ1n) is 11.1. The Labute approximate surface area is 179 Å². The number of para-hydroxylation sites is 1. The fraction of sp³-hybridized carbons (Fsp3) is 0.400. The first-order valence-corrected chi connectivity index (χ1v) is 11.1. The summed E-state index contributed by atoms with van der Waals surface area (Å²) >= 11 is 0. The van der Waals surface area contributed by atoms with Crippen LogP contribution in [0.15, 0.2) is 60.8 Å². The molecule has 0 spiro atoms. The van der Waals surface area contributed by atoms with Gasteiger partial charge in [0.1, 0.15) is 0 Å². The predicted octanol–water partition coefficient (Wildman–Crippen LogP) is 3.91. The summed E-state index contributed by atoms with van der Waals surface area (Å²) in [7, 11) is 0. The second-order valence-corrected chi connectivity index (χ2v) is 7.82. The molecule has 0 bridgehead atoms. The van der Waals surface area contributed by atoms with Crippen molar-refractivity contribution in [3.05, 3.63) is 71.9 Å². The van der Waals surface area contributed by atoms with E-state index in [1.807, 2.05) is 10.7 Å². The molecule has 3 aromatic rings. The Morgan fingerprint density at radius 1 is 1.00 bits per heavy atom. The van der Waals surface area contributed by atoms with Gasteiger partial charge in [-0.15, -0.1) is 0 Å². The number of nitrogens with zero attached hydrogens (tertiary/aromatic N) is 3. The van der Waals surface area contributed by atoms with E-state index in [4.69, 9.17) is 9.84 Å². The SMILES string of the molecule is CCc1ccc(-c2nn(-c3ccccc3)cc2CNCCCN2CCOCC2)cc1. The van der Waals surface area contributed by atoms with Gasteiger partial charge in [-0.2, -0.15) is 5.10 Å². The Bertz CT molecular complexity index is 899. The fourth-order valence-corrected chi connectivity index (χ4v) is 3.87. The lowest BCUT2D eigenvalue weighted by molar-refractivity contribution is 0.0374. The van der Waals surface area contributed by atoms with Crippen LogP contribution in [0.3, 0.4) is 0 Å². The maximum absolute atomic E-state index is 5.43. The van der Waals surface area contributed by atoms with E-state index in [1.165, 1.54) is 16.7 Å². The highest BCUT2D eigenvalue weighted by atomic mass is 16.5. The first-order chi connectivity index (χ1) is 14.8. The van der Waals surface area contributed by atoms with Crippen molar-refractivity contribution in [3.63, 3.8) is 0 Å². The molecule has 0 radical (unpaired) electrons. The molecule has 0 amide bonds. The monoisotopic (exact) mass is 404 g/mol. The van der Waals surface area contributed by atoms with Crippen molar-refractivity contribution in [2.75, 3.05) is 39.4 Å². The van der Waals surface area contributed by atoms with Gasteiger partial charge in [0.15, 0.2) is 0 Å². The van der Waals surface area contributed by atoms with Crippen LogP contribution in [0.4, 0.5) is 0 Å². The molecule has 1 saturated heterocycles. The highest BCUT2D eigenvalue weighted by Crippen LogP contribution is 2.24. The number of ether oxygens (including phenoxy) is 1. The molecule has 1 aliphatic rings. The molecule has 0 atom stereocenters. The maximum atomic E-state index is 5.43. The number of aromatic nitrogens is 2. The van der Waals surface area contributed by atoms with Crippen molar-refractivity contribution in [1.82, 2.24) is 20.0 Å². The van der Waals surface area contributed by atoms with E-state index in [0.29, 0.717) is 0 Å². The first kappa shape index (κ1) is 20.8. The van der Waals surface area contributed by atoms with Gasteiger partial charge in [0.25, 0.3) is 0 Å². The van der Waals surface area contributed by atoms with Crippen molar-refractivity contribution in [2.24, 2.45) is 0 Å². The minimum absolute atomic E-state index is 0.820. The lowest BCUT2D eigenvalue weighted by atomic mass is 10.0. The molecule has 30 heavy (non-hydrogen) atoms. The van der Waals surface area contributed by atoms with Gasteiger partial charge < -0.3 is 10.1 Å². The van der Waals surface area contributed by atoms with Gasteiger partial charge >= 0.3 is 0 Å². The number of hydrogen-bond donors (Lipinski definition) is 1. The Hall–Kier alpha value is -2.47. The highest BCUT2D eigenvalue weighted by molar-refractivity contribution is 5.63. The van der Waals surface area contributed by atoms with Gasteiger partial charge in [-0.3, -0.25) is 4.90 Å². The molecule has 2 heterocycles. The second-order valence-electron chi connectivity index (χ2n) is 7.82. The summed E-state index contributed by atoms with van der Waals surface area (Å²) in [6.45, 7) is 8.99. The molecule has 158 valence electrons. The number of hydrogen-bond acceptors (Lipinski definition) is 4. The molecule has 0 saturated carbocycles. The van der Waals surface area contributed by atoms with Gasteiger partial charge in [0, 0.05) is 37.0 Å². The predicted molar refractivity (Wildman–Crippen MR) is 122 cm³/mol. The van der Waals surface area contributed by atoms with E-state index >= 15 is 0 Å². The van der Waals surface area contributed by atoms with Gasteiger partial charge in [-0.25, -0.2) is 4.68 Å². The average Bonchev–Trinajstić information content (AvgIpc) is 3.24. The minimum Gasteiger partial charge on any atom is -0.379 e. The zero-order chi connectivity index (χ0) is 20.6. The normalized spacial score (nSPS) is 14.8. The molecule has 5 heteroatoms. The number of aryl methyl sites for hydroxylation is 1. The summed E-state index contributed by atoms with van der Waals surface area (Å²) in [4.78, 5) is 2.49. The third-order valence-electron chi connectivity index (χ3n) is 5.69. The highest BCUT2D eigenvalue weighted by Gasteiger charge is 2.13. The van der Waals surface area contributed by atoms with Crippen molar-refractivity contribution in [3.8, 4) is 16.9 Å². The number of nitrogens with one attached hydrogen (secondary N) is 1. The summed E-state index contributed by atoms with van der Waals surface area (Å²) in [5.74, 6) is 0. The molecule has 0 unspecified atom stereocenters. The Kier molecular flexibility index (Phi) is 7.29. The topological polar surface area (TPSA) is 42.3 Å². The lowest BCUT2D eigenvalue weighted by Gasteiger charge is -2.26. The molecule has 1 fully saturated rings. The van der Waals surface area contributed by atoms with E-state index < -0.39 is 0 Å². The van der Waals surface area contributed by atoms with Crippen molar-refractivity contribution in [1.29, 1.82) is 0 Å². The van der Waals surface area contributed by atoms with Crippen molar-refractivity contribution >= 4 is 0 Å². The third kappa shape index (κ3) is 5.36. The van der Waals surface area contributed by atoms with E-state index in [2.05, 4.69) is 71.9 Å². The summed E-state index contributed by atoms with van der Waals surface area (Å²) < 4.78 is 7.42. The molecular weight excluding hydrogens is 372 g/mol. The van der Waals surface area contributed by atoms with Crippen LogP contribution in [-0.4, -0.2) is 54.1 Å². The van der Waals surface area contributed by atoms with Gasteiger partial charge in [-0.05, 0) is 43.6 Å². The molecule has 1 aromatic heterocycles. The van der Waals surface area contributed by atoms with Crippen LogP contribution in [0.25, 0.3) is 16.9 Å². The Balaban J connectivity index is 1.43. The van der Waals surface area contributed by atoms with Crippen molar-refractivity contribution < 1.29 is 4.74 Å². The van der Waals surface area contributed by atoms with Crippen molar-refractivity contribution in [2.45, 2.75) is 26.3 Å². The quantitative estimate of drug-likeness (QED) is 0.549. The van der Waals surface area contributed by atoms with Crippen LogP contribution in [-0.2, 0) is 17.7 Å². The number of rotatable bonds is 9. The zero-order valence-corrected chi connectivity index (χ0v) is 17.9. The van der Waals surface area contributed by atoms with E-state index in [9.17, 15) is 0 Å². The van der Waals surface area contributed by atoms with E-state index in [-0.39, 0.29) is 0 Å². The van der Waals surface area contributed by atoms with Gasteiger partial charge in [0.05, 0.1) is 24.6 Å². The molecule has 0 aliphatic carbocycles. The number of morpholine rings is 1. The molecule has 5 nitrogen and oxygen atoms in total. The molecule has 4 rings (SSSR count). The van der Waals surface area contributed by atoms with Crippen LogP contribution in [0.2, 0.25) is 0 Å². The third-order valence-corrected chi connectivity index (χ3v) is 5.69. The zero-order valence-electron chi connectivity index (χ0n) is 17.9. The minimum atomic E-state index is 0.820. The standard InChI is InChI=1S/C25H32N4O/c1-2-21-9-11-22(12-10-21)25-23(20-29(27-25)24-7-4-3-5-8-24)19-26-13-6-14-28-15-17-30-18-16-28/h3-5,7-12,20,26H,2,6,13-19H2,1H3. The Morgan fingerprint density at radius 3 is 2.50 bits per heavy atom. The average molecular weight is 405 g/mol. The second kappa shape index (κ2) is 10.5. The van der Waals surface area contributed by atoms with Gasteiger partial charge in [0.2, 0.25) is 0 Å². The van der Waals surface area contributed by atoms with Crippen LogP contribution in [0.5, 0.6) is 0 Å². The summed E-state index contributed by atoms with van der Waals surface area (Å²) in [6, 6.07) is 19.1. The van der Waals surface area contributed by atoms with E-state index in [0.717, 1.165) is 70.2 Å². The maximum Gasteiger partial charge on any atom is 0.0972 e. The Morgan fingerprint density at radius 2 is 1.77 bits per heavy atom.